The predicted molar refractivity (Wildman–Crippen MR) is 112 cm³/mol. The first-order chi connectivity index (χ1) is 14.5. The monoisotopic (exact) mass is 457 g/mol. The second-order valence-corrected chi connectivity index (χ2v) is 10.8. The highest BCUT2D eigenvalue weighted by Crippen LogP contribution is 2.37. The SMILES string of the molecule is CC(O)CN1CC(N2Cc3cn(S(C)(=O)=O)nc3C2)CC(N)[C@H]1C1CC(F)=CC=C1F. The minimum Gasteiger partial charge on any atom is -0.392 e. The second kappa shape index (κ2) is 8.36. The van der Waals surface area contributed by atoms with Gasteiger partial charge < -0.3 is 10.8 Å². The molecule has 0 radical (unpaired) electrons. The molecule has 1 aromatic heterocycles. The lowest BCUT2D eigenvalue weighted by molar-refractivity contribution is -0.00279. The van der Waals surface area contributed by atoms with Crippen molar-refractivity contribution in [1.82, 2.24) is 19.0 Å². The predicted octanol–water partition coefficient (Wildman–Crippen LogP) is 0.884. The van der Waals surface area contributed by atoms with E-state index in [0.717, 1.165) is 27.7 Å². The zero-order valence-corrected chi connectivity index (χ0v) is 18.5. The van der Waals surface area contributed by atoms with Crippen LogP contribution in [0.3, 0.4) is 0 Å². The van der Waals surface area contributed by atoms with Crippen molar-refractivity contribution in [2.24, 2.45) is 11.7 Å². The van der Waals surface area contributed by atoms with Crippen LogP contribution in [0.2, 0.25) is 0 Å². The number of fused-ring (bicyclic) bond motifs is 1. The van der Waals surface area contributed by atoms with Gasteiger partial charge in [-0.05, 0) is 25.5 Å². The molecule has 2 aliphatic heterocycles. The van der Waals surface area contributed by atoms with Gasteiger partial charge in [-0.1, -0.05) is 0 Å². The lowest BCUT2D eigenvalue weighted by Gasteiger charge is -2.49. The molecule has 1 aromatic rings. The summed E-state index contributed by atoms with van der Waals surface area (Å²) in [7, 11) is -3.43. The number of aromatic nitrogens is 2. The second-order valence-electron chi connectivity index (χ2n) is 8.96. The van der Waals surface area contributed by atoms with E-state index in [1.54, 1.807) is 13.1 Å². The van der Waals surface area contributed by atoms with E-state index >= 15 is 0 Å². The standard InChI is InChI=1S/C20H29F2N5O3S/c1-12(28)7-26-10-15(6-18(23)20(26)16-5-14(21)3-4-17(16)22)25-8-13-9-27(31(2,29)30)24-19(13)11-25/h3-4,9,12,15-16,18,20,28H,5-8,10-11,23H2,1-2H3/t12?,15?,16?,18?,20-/m1/s1. The maximum Gasteiger partial charge on any atom is 0.250 e. The van der Waals surface area contributed by atoms with Gasteiger partial charge in [0.1, 0.15) is 11.7 Å². The summed E-state index contributed by atoms with van der Waals surface area (Å²) >= 11 is 0. The Morgan fingerprint density at radius 2 is 2.06 bits per heavy atom. The zero-order valence-electron chi connectivity index (χ0n) is 17.7. The minimum absolute atomic E-state index is 0.0295. The Hall–Kier alpha value is -1.66. The Morgan fingerprint density at radius 1 is 1.32 bits per heavy atom. The third-order valence-electron chi connectivity index (χ3n) is 6.39. The Morgan fingerprint density at radius 3 is 2.71 bits per heavy atom. The number of aliphatic hydroxyl groups excluding tert-OH is 1. The number of nitrogens with two attached hydrogens (primary N) is 1. The van der Waals surface area contributed by atoms with Gasteiger partial charge >= 0.3 is 0 Å². The van der Waals surface area contributed by atoms with E-state index < -0.39 is 34.1 Å². The van der Waals surface area contributed by atoms with Crippen molar-refractivity contribution < 1.29 is 22.3 Å². The molecular weight excluding hydrogens is 428 g/mol. The summed E-state index contributed by atoms with van der Waals surface area (Å²) in [5.74, 6) is -1.43. The third kappa shape index (κ3) is 4.61. The maximum absolute atomic E-state index is 14.6. The van der Waals surface area contributed by atoms with Crippen LogP contribution in [0, 0.1) is 5.92 Å². The molecule has 11 heteroatoms. The summed E-state index contributed by atoms with van der Waals surface area (Å²) in [6.07, 6.45) is 4.89. The summed E-state index contributed by atoms with van der Waals surface area (Å²) in [6, 6.07) is -0.792. The summed E-state index contributed by atoms with van der Waals surface area (Å²) in [4.78, 5) is 4.16. The first-order valence-electron chi connectivity index (χ1n) is 10.4. The van der Waals surface area contributed by atoms with Gasteiger partial charge in [-0.25, -0.2) is 17.2 Å². The number of halogens is 2. The first kappa shape index (κ1) is 22.5. The lowest BCUT2D eigenvalue weighted by atomic mass is 9.80. The number of β-amino-alcohol motifs (C(OH)–C–C–N with tert-alkyl or cyclic N) is 1. The Labute approximate surface area is 181 Å². The molecule has 1 aliphatic carbocycles. The largest absolute Gasteiger partial charge is 0.392 e. The van der Waals surface area contributed by atoms with Gasteiger partial charge in [0.25, 0.3) is 10.0 Å². The van der Waals surface area contributed by atoms with Crippen molar-refractivity contribution in [2.45, 2.75) is 57.1 Å². The molecule has 3 heterocycles. The van der Waals surface area contributed by atoms with E-state index in [2.05, 4.69) is 10.00 Å². The molecule has 0 saturated carbocycles. The van der Waals surface area contributed by atoms with E-state index in [0.29, 0.717) is 32.6 Å². The number of hydrogen-bond acceptors (Lipinski definition) is 7. The van der Waals surface area contributed by atoms with Gasteiger partial charge in [-0.3, -0.25) is 9.80 Å². The molecule has 0 bridgehead atoms. The molecule has 1 fully saturated rings. The van der Waals surface area contributed by atoms with E-state index in [1.165, 1.54) is 6.08 Å². The van der Waals surface area contributed by atoms with Crippen LogP contribution in [0.5, 0.6) is 0 Å². The van der Waals surface area contributed by atoms with E-state index in [-0.39, 0.29) is 24.1 Å². The van der Waals surface area contributed by atoms with Crippen LogP contribution in [0.15, 0.2) is 30.0 Å². The van der Waals surface area contributed by atoms with Crippen LogP contribution >= 0.6 is 0 Å². The van der Waals surface area contributed by atoms with Crippen molar-refractivity contribution in [3.63, 3.8) is 0 Å². The molecule has 0 aromatic carbocycles. The fourth-order valence-electron chi connectivity index (χ4n) is 5.08. The van der Waals surface area contributed by atoms with Crippen molar-refractivity contribution >= 4 is 10.0 Å². The van der Waals surface area contributed by atoms with Crippen molar-refractivity contribution in [3.8, 4) is 0 Å². The molecule has 0 amide bonds. The van der Waals surface area contributed by atoms with Gasteiger partial charge in [0.2, 0.25) is 0 Å². The first-order valence-corrected chi connectivity index (χ1v) is 12.3. The minimum atomic E-state index is -3.43. The normalized spacial score (nSPS) is 31.3. The number of hydrogen-bond donors (Lipinski definition) is 2. The van der Waals surface area contributed by atoms with Crippen molar-refractivity contribution in [1.29, 1.82) is 0 Å². The van der Waals surface area contributed by atoms with Gasteiger partial charge in [0.05, 0.1) is 18.1 Å². The number of rotatable bonds is 5. The number of nitrogens with zero attached hydrogens (tertiary/aromatic N) is 4. The Balaban J connectivity index is 1.51. The molecular formula is C20H29F2N5O3S. The van der Waals surface area contributed by atoms with Gasteiger partial charge in [0.15, 0.2) is 0 Å². The van der Waals surface area contributed by atoms with Gasteiger partial charge in [-0.2, -0.15) is 9.19 Å². The van der Waals surface area contributed by atoms with Crippen molar-refractivity contribution in [3.05, 3.63) is 41.3 Å². The zero-order chi connectivity index (χ0) is 22.5. The summed E-state index contributed by atoms with van der Waals surface area (Å²) in [6.45, 7) is 3.57. The molecule has 4 rings (SSSR count). The molecule has 172 valence electrons. The van der Waals surface area contributed by atoms with Crippen molar-refractivity contribution in [2.75, 3.05) is 19.3 Å². The highest BCUT2D eigenvalue weighted by atomic mass is 32.2. The van der Waals surface area contributed by atoms with E-state index in [4.69, 9.17) is 5.73 Å². The highest BCUT2D eigenvalue weighted by Gasteiger charge is 2.44. The molecule has 5 atom stereocenters. The smallest absolute Gasteiger partial charge is 0.250 e. The van der Waals surface area contributed by atoms with E-state index in [9.17, 15) is 22.3 Å². The number of likely N-dealkylation sites (tertiary alicyclic amines) is 1. The van der Waals surface area contributed by atoms with Crippen LogP contribution in [0.4, 0.5) is 8.78 Å². The fourth-order valence-corrected chi connectivity index (χ4v) is 5.64. The van der Waals surface area contributed by atoms with Crippen LogP contribution < -0.4 is 5.73 Å². The molecule has 31 heavy (non-hydrogen) atoms. The highest BCUT2D eigenvalue weighted by molar-refractivity contribution is 7.89. The van der Waals surface area contributed by atoms with Crippen LogP contribution in [-0.2, 0) is 23.1 Å². The summed E-state index contributed by atoms with van der Waals surface area (Å²) in [5.41, 5.74) is 8.10. The molecule has 4 unspecified atom stereocenters. The number of allylic oxidation sites excluding steroid dienone is 3. The molecule has 8 nitrogen and oxygen atoms in total. The number of piperidine rings is 1. The molecule has 1 saturated heterocycles. The van der Waals surface area contributed by atoms with Gasteiger partial charge in [0, 0.05) is 68.4 Å². The fraction of sp³-hybridized carbons (Fsp3) is 0.650. The average molecular weight is 458 g/mol. The molecule has 3 aliphatic rings. The Kier molecular flexibility index (Phi) is 6.08. The number of aliphatic hydroxyl groups is 1. The Bertz CT molecular complexity index is 983. The summed E-state index contributed by atoms with van der Waals surface area (Å²) in [5, 5.41) is 14.2. The lowest BCUT2D eigenvalue weighted by Crippen LogP contribution is -2.63. The topological polar surface area (TPSA) is 105 Å². The third-order valence-corrected chi connectivity index (χ3v) is 7.26. The molecule has 3 N–H and O–H groups in total. The van der Waals surface area contributed by atoms with Crippen LogP contribution in [0.25, 0.3) is 0 Å². The summed E-state index contributed by atoms with van der Waals surface area (Å²) < 4.78 is 52.9. The quantitative estimate of drug-likeness (QED) is 0.677. The maximum atomic E-state index is 14.6. The van der Waals surface area contributed by atoms with Crippen LogP contribution in [-0.4, -0.2) is 76.1 Å². The van der Waals surface area contributed by atoms with Gasteiger partial charge in [-0.15, -0.1) is 0 Å². The van der Waals surface area contributed by atoms with Crippen LogP contribution in [0.1, 0.15) is 31.0 Å². The average Bonchev–Trinajstić information content (AvgIpc) is 3.22. The van der Waals surface area contributed by atoms with E-state index in [1.807, 2.05) is 4.90 Å². The molecule has 0 spiro atoms.